The van der Waals surface area contributed by atoms with Crippen molar-refractivity contribution in [1.82, 2.24) is 0 Å². The topological polar surface area (TPSA) is 89.9 Å². The van der Waals surface area contributed by atoms with Crippen LogP contribution >= 0.6 is 0 Å². The Morgan fingerprint density at radius 3 is 2.27 bits per heavy atom. The fraction of sp³-hybridized carbons (Fsp3) is 0.667. The molecular formula is C9H14O6. The molecule has 1 N–H and O–H groups in total. The summed E-state index contributed by atoms with van der Waals surface area (Å²) in [6.45, 7) is 1.17. The fourth-order valence-corrected chi connectivity index (χ4v) is 0.738. The molecular weight excluding hydrogens is 204 g/mol. The highest BCUT2D eigenvalue weighted by molar-refractivity contribution is 5.86. The first kappa shape index (κ1) is 13.6. The number of aliphatic hydroxyl groups excluding tert-OH is 1. The van der Waals surface area contributed by atoms with Crippen LogP contribution in [0.3, 0.4) is 0 Å². The molecule has 0 radical (unpaired) electrons. The van der Waals surface area contributed by atoms with Crippen molar-refractivity contribution in [3.63, 3.8) is 0 Å². The smallest absolute Gasteiger partial charge is 0.314 e. The van der Waals surface area contributed by atoms with Crippen LogP contribution < -0.4 is 0 Å². The van der Waals surface area contributed by atoms with Crippen LogP contribution in [0, 0.1) is 0 Å². The molecule has 0 spiro atoms. The minimum absolute atomic E-state index is 0.0559. The second-order valence-electron chi connectivity index (χ2n) is 2.76. The number of carbonyl (C=O) groups is 3. The highest BCUT2D eigenvalue weighted by atomic mass is 16.6. The number of hydrogen-bond acceptors (Lipinski definition) is 6. The van der Waals surface area contributed by atoms with E-state index in [9.17, 15) is 14.4 Å². The first-order valence-corrected chi connectivity index (χ1v) is 4.54. The van der Waals surface area contributed by atoms with E-state index in [1.807, 2.05) is 0 Å². The molecule has 0 heterocycles. The molecule has 86 valence electrons. The summed E-state index contributed by atoms with van der Waals surface area (Å²) >= 11 is 0. The minimum atomic E-state index is -0.749. The lowest BCUT2D eigenvalue weighted by atomic mass is 10.3. The highest BCUT2D eigenvalue weighted by Crippen LogP contribution is 1.96. The van der Waals surface area contributed by atoms with Crippen LogP contribution in [0.5, 0.6) is 0 Å². The van der Waals surface area contributed by atoms with Gasteiger partial charge >= 0.3 is 17.9 Å². The number of carbonyl (C=O) groups excluding carboxylic acids is 3. The second-order valence-corrected chi connectivity index (χ2v) is 2.76. The monoisotopic (exact) mass is 218 g/mol. The Hall–Kier alpha value is -1.43. The Morgan fingerprint density at radius 1 is 1.13 bits per heavy atom. The third-order valence-electron chi connectivity index (χ3n) is 1.36. The third kappa shape index (κ3) is 8.89. The summed E-state index contributed by atoms with van der Waals surface area (Å²) in [4.78, 5) is 32.0. The number of rotatable bonds is 6. The summed E-state index contributed by atoms with van der Waals surface area (Å²) in [5.74, 6) is -2.00. The summed E-state index contributed by atoms with van der Waals surface area (Å²) in [5, 5.41) is 8.39. The van der Waals surface area contributed by atoms with E-state index in [4.69, 9.17) is 5.11 Å². The van der Waals surface area contributed by atoms with Gasteiger partial charge in [0, 0.05) is 20.0 Å². The highest BCUT2D eigenvalue weighted by Gasteiger charge is 2.10. The molecule has 0 amide bonds. The van der Waals surface area contributed by atoms with Gasteiger partial charge in [-0.05, 0) is 0 Å². The Morgan fingerprint density at radius 2 is 1.73 bits per heavy atom. The maximum atomic E-state index is 10.9. The van der Waals surface area contributed by atoms with Crippen molar-refractivity contribution in [2.24, 2.45) is 0 Å². The number of ether oxygens (including phenoxy) is 2. The van der Waals surface area contributed by atoms with Gasteiger partial charge in [0.25, 0.3) is 0 Å². The van der Waals surface area contributed by atoms with Crippen molar-refractivity contribution >= 4 is 17.9 Å². The molecule has 0 bridgehead atoms. The minimum Gasteiger partial charge on any atom is -0.466 e. The van der Waals surface area contributed by atoms with Crippen LogP contribution in [-0.2, 0) is 23.9 Å². The van der Waals surface area contributed by atoms with Gasteiger partial charge < -0.3 is 14.6 Å². The van der Waals surface area contributed by atoms with Gasteiger partial charge in [0.2, 0.25) is 0 Å². The molecule has 0 saturated heterocycles. The van der Waals surface area contributed by atoms with E-state index in [0.717, 1.165) is 6.92 Å². The Kier molecular flexibility index (Phi) is 7.17. The summed E-state index contributed by atoms with van der Waals surface area (Å²) in [7, 11) is 0. The van der Waals surface area contributed by atoms with E-state index in [2.05, 4.69) is 9.47 Å². The maximum Gasteiger partial charge on any atom is 0.314 e. The molecule has 0 rings (SSSR count). The van der Waals surface area contributed by atoms with Gasteiger partial charge in [0.05, 0.1) is 19.4 Å². The summed E-state index contributed by atoms with van der Waals surface area (Å²) < 4.78 is 8.85. The van der Waals surface area contributed by atoms with Crippen molar-refractivity contribution in [3.05, 3.63) is 0 Å². The van der Waals surface area contributed by atoms with Gasteiger partial charge in [-0.1, -0.05) is 0 Å². The molecule has 0 fully saturated rings. The van der Waals surface area contributed by atoms with Crippen molar-refractivity contribution in [2.45, 2.75) is 26.2 Å². The van der Waals surface area contributed by atoms with E-state index in [0.29, 0.717) is 6.42 Å². The van der Waals surface area contributed by atoms with Crippen LogP contribution in [0.1, 0.15) is 26.2 Å². The van der Waals surface area contributed by atoms with Crippen LogP contribution in [0.4, 0.5) is 0 Å². The van der Waals surface area contributed by atoms with Crippen LogP contribution in [0.15, 0.2) is 0 Å². The lowest BCUT2D eigenvalue weighted by Gasteiger charge is -2.02. The number of aliphatic hydroxyl groups is 1. The van der Waals surface area contributed by atoms with Crippen molar-refractivity contribution in [2.75, 3.05) is 13.2 Å². The second kappa shape index (κ2) is 7.93. The fourth-order valence-electron chi connectivity index (χ4n) is 0.738. The molecule has 0 aromatic heterocycles. The SMILES string of the molecule is CC(=O)OC(=O)CCC(=O)OCCCO. The third-order valence-corrected chi connectivity index (χ3v) is 1.36. The zero-order chi connectivity index (χ0) is 11.7. The lowest BCUT2D eigenvalue weighted by Crippen LogP contribution is -2.13. The quantitative estimate of drug-likeness (QED) is 0.376. The predicted molar refractivity (Wildman–Crippen MR) is 48.7 cm³/mol. The largest absolute Gasteiger partial charge is 0.466 e. The first-order chi connectivity index (χ1) is 7.06. The standard InChI is InChI=1S/C9H14O6/c1-7(11)15-9(13)4-3-8(12)14-6-2-5-10/h10H,2-6H2,1H3. The van der Waals surface area contributed by atoms with Gasteiger partial charge in [0.15, 0.2) is 0 Å². The predicted octanol–water partition coefficient (Wildman–Crippen LogP) is -0.218. The van der Waals surface area contributed by atoms with Crippen molar-refractivity contribution in [3.8, 4) is 0 Å². The zero-order valence-electron chi connectivity index (χ0n) is 8.52. The number of esters is 3. The van der Waals surface area contributed by atoms with E-state index in [1.54, 1.807) is 0 Å². The van der Waals surface area contributed by atoms with Gasteiger partial charge in [-0.3, -0.25) is 14.4 Å². The first-order valence-electron chi connectivity index (χ1n) is 4.54. The molecule has 0 aliphatic rings. The van der Waals surface area contributed by atoms with E-state index < -0.39 is 17.9 Å². The normalized spacial score (nSPS) is 9.47. The van der Waals surface area contributed by atoms with Crippen LogP contribution in [0.2, 0.25) is 0 Å². The molecule has 0 unspecified atom stereocenters. The molecule has 15 heavy (non-hydrogen) atoms. The van der Waals surface area contributed by atoms with Gasteiger partial charge in [-0.25, -0.2) is 0 Å². The molecule has 0 aromatic rings. The van der Waals surface area contributed by atoms with E-state index >= 15 is 0 Å². The molecule has 6 heteroatoms. The van der Waals surface area contributed by atoms with E-state index in [-0.39, 0.29) is 26.1 Å². The van der Waals surface area contributed by atoms with Crippen molar-refractivity contribution in [1.29, 1.82) is 0 Å². The Balaban J connectivity index is 3.53. The van der Waals surface area contributed by atoms with Crippen molar-refractivity contribution < 1.29 is 29.0 Å². The van der Waals surface area contributed by atoms with Crippen LogP contribution in [0.25, 0.3) is 0 Å². The molecule has 0 aliphatic heterocycles. The van der Waals surface area contributed by atoms with Crippen LogP contribution in [-0.4, -0.2) is 36.2 Å². The molecule has 6 nitrogen and oxygen atoms in total. The van der Waals surface area contributed by atoms with E-state index in [1.165, 1.54) is 0 Å². The molecule has 0 aromatic carbocycles. The zero-order valence-corrected chi connectivity index (χ0v) is 8.52. The average molecular weight is 218 g/mol. The lowest BCUT2D eigenvalue weighted by molar-refractivity contribution is -0.160. The molecule has 0 atom stereocenters. The summed E-state index contributed by atoms with van der Waals surface area (Å²) in [5.41, 5.74) is 0. The average Bonchev–Trinajstić information content (AvgIpc) is 2.14. The van der Waals surface area contributed by atoms with Gasteiger partial charge in [-0.2, -0.15) is 0 Å². The Bertz CT molecular complexity index is 235. The summed E-state index contributed by atoms with van der Waals surface area (Å²) in [6.07, 6.45) is 0.0543. The van der Waals surface area contributed by atoms with Gasteiger partial charge in [-0.15, -0.1) is 0 Å². The number of hydrogen-bond donors (Lipinski definition) is 1. The molecule has 0 aliphatic carbocycles. The maximum absolute atomic E-state index is 10.9. The summed E-state index contributed by atoms with van der Waals surface area (Å²) in [6, 6.07) is 0. The van der Waals surface area contributed by atoms with Gasteiger partial charge in [0.1, 0.15) is 0 Å². The molecule has 0 saturated carbocycles. The Labute approximate surface area is 87.2 Å².